The Hall–Kier alpha value is -1.62. The van der Waals surface area contributed by atoms with E-state index in [-0.39, 0.29) is 12.5 Å². The van der Waals surface area contributed by atoms with Crippen LogP contribution in [0.3, 0.4) is 0 Å². The second-order valence-electron chi connectivity index (χ2n) is 4.04. The van der Waals surface area contributed by atoms with Gasteiger partial charge in [0.05, 0.1) is 0 Å². The Balaban J connectivity index is 1.97. The predicted octanol–water partition coefficient (Wildman–Crippen LogP) is 2.30. The summed E-state index contributed by atoms with van der Waals surface area (Å²) in [5.41, 5.74) is 1.09. The molecule has 5 heteroatoms. The molecule has 1 amide bonds. The predicted molar refractivity (Wildman–Crippen MR) is 72.8 cm³/mol. The van der Waals surface area contributed by atoms with Crippen molar-refractivity contribution in [1.82, 2.24) is 14.7 Å². The molecule has 18 heavy (non-hydrogen) atoms. The minimum atomic E-state index is 0.0365. The van der Waals surface area contributed by atoms with E-state index < -0.39 is 0 Å². The van der Waals surface area contributed by atoms with Gasteiger partial charge < -0.3 is 4.90 Å². The van der Waals surface area contributed by atoms with Gasteiger partial charge in [0.15, 0.2) is 0 Å². The third-order valence-corrected chi connectivity index (χ3v) is 3.42. The maximum absolute atomic E-state index is 12.0. The summed E-state index contributed by atoms with van der Waals surface area (Å²) in [5, 5.41) is 4.02. The van der Waals surface area contributed by atoms with Gasteiger partial charge in [-0.3, -0.25) is 9.48 Å². The molecule has 0 spiro atoms. The van der Waals surface area contributed by atoms with Gasteiger partial charge in [0.25, 0.3) is 0 Å². The first-order valence-corrected chi connectivity index (χ1v) is 6.41. The molecule has 0 unspecified atom stereocenters. The standard InChI is InChI=1S/C13H14BrN3O/c1-16(9-11-5-2-3-6-12(11)14)13(18)10-17-8-4-7-15-17/h2-8H,9-10H2,1H3. The Morgan fingerprint density at radius 1 is 1.39 bits per heavy atom. The number of benzene rings is 1. The zero-order valence-corrected chi connectivity index (χ0v) is 11.7. The van der Waals surface area contributed by atoms with Crippen molar-refractivity contribution in [3.05, 3.63) is 52.8 Å². The average Bonchev–Trinajstić information content (AvgIpc) is 2.84. The van der Waals surface area contributed by atoms with Crippen LogP contribution in [-0.4, -0.2) is 27.6 Å². The molecule has 0 saturated heterocycles. The van der Waals surface area contributed by atoms with E-state index in [1.807, 2.05) is 24.3 Å². The van der Waals surface area contributed by atoms with E-state index in [0.29, 0.717) is 6.54 Å². The van der Waals surface area contributed by atoms with Crippen LogP contribution in [0.1, 0.15) is 5.56 Å². The van der Waals surface area contributed by atoms with Crippen LogP contribution in [0, 0.1) is 0 Å². The minimum Gasteiger partial charge on any atom is -0.340 e. The van der Waals surface area contributed by atoms with Crippen molar-refractivity contribution in [2.24, 2.45) is 0 Å². The lowest BCUT2D eigenvalue weighted by atomic mass is 10.2. The molecule has 0 aliphatic carbocycles. The van der Waals surface area contributed by atoms with E-state index >= 15 is 0 Å². The van der Waals surface area contributed by atoms with Gasteiger partial charge in [-0.05, 0) is 17.7 Å². The maximum atomic E-state index is 12.0. The number of hydrogen-bond donors (Lipinski definition) is 0. The molecule has 0 aliphatic rings. The van der Waals surface area contributed by atoms with Crippen LogP contribution in [0.4, 0.5) is 0 Å². The highest BCUT2D eigenvalue weighted by Gasteiger charge is 2.11. The lowest BCUT2D eigenvalue weighted by Gasteiger charge is -2.18. The highest BCUT2D eigenvalue weighted by molar-refractivity contribution is 9.10. The molecule has 0 saturated carbocycles. The van der Waals surface area contributed by atoms with Crippen molar-refractivity contribution >= 4 is 21.8 Å². The zero-order chi connectivity index (χ0) is 13.0. The summed E-state index contributed by atoms with van der Waals surface area (Å²) in [6.45, 7) is 0.857. The van der Waals surface area contributed by atoms with Crippen LogP contribution >= 0.6 is 15.9 Å². The van der Waals surface area contributed by atoms with Gasteiger partial charge in [-0.15, -0.1) is 0 Å². The van der Waals surface area contributed by atoms with E-state index in [2.05, 4.69) is 21.0 Å². The topological polar surface area (TPSA) is 38.1 Å². The summed E-state index contributed by atoms with van der Waals surface area (Å²) in [6.07, 6.45) is 3.45. The van der Waals surface area contributed by atoms with Crippen molar-refractivity contribution in [3.63, 3.8) is 0 Å². The second kappa shape index (κ2) is 5.82. The van der Waals surface area contributed by atoms with Crippen LogP contribution < -0.4 is 0 Å². The molecule has 2 aromatic rings. The van der Waals surface area contributed by atoms with Crippen LogP contribution in [0.2, 0.25) is 0 Å². The quantitative estimate of drug-likeness (QED) is 0.869. The number of rotatable bonds is 4. The van der Waals surface area contributed by atoms with Crippen LogP contribution in [0.25, 0.3) is 0 Å². The van der Waals surface area contributed by atoms with Crippen molar-refractivity contribution in [3.8, 4) is 0 Å². The summed E-state index contributed by atoms with van der Waals surface area (Å²) >= 11 is 3.48. The second-order valence-corrected chi connectivity index (χ2v) is 4.90. The number of likely N-dealkylation sites (N-methyl/N-ethyl adjacent to an activating group) is 1. The fourth-order valence-electron chi connectivity index (χ4n) is 1.62. The Labute approximate surface area is 114 Å². The van der Waals surface area contributed by atoms with E-state index in [0.717, 1.165) is 10.0 Å². The molecule has 1 heterocycles. The fourth-order valence-corrected chi connectivity index (χ4v) is 2.03. The zero-order valence-electron chi connectivity index (χ0n) is 10.1. The Kier molecular flexibility index (Phi) is 4.15. The molecule has 0 fully saturated rings. The molecule has 0 N–H and O–H groups in total. The largest absolute Gasteiger partial charge is 0.340 e. The number of nitrogens with zero attached hydrogens (tertiary/aromatic N) is 3. The lowest BCUT2D eigenvalue weighted by Crippen LogP contribution is -2.30. The Morgan fingerprint density at radius 2 is 2.17 bits per heavy atom. The maximum Gasteiger partial charge on any atom is 0.244 e. The van der Waals surface area contributed by atoms with E-state index in [1.54, 1.807) is 35.1 Å². The third kappa shape index (κ3) is 3.20. The molecule has 1 aromatic heterocycles. The van der Waals surface area contributed by atoms with Gasteiger partial charge in [0.2, 0.25) is 5.91 Å². The summed E-state index contributed by atoms with van der Waals surface area (Å²) in [5.74, 6) is 0.0365. The Morgan fingerprint density at radius 3 is 2.83 bits per heavy atom. The van der Waals surface area contributed by atoms with Gasteiger partial charge in [-0.2, -0.15) is 5.10 Å². The molecular weight excluding hydrogens is 294 g/mol. The summed E-state index contributed by atoms with van der Waals surface area (Å²) in [7, 11) is 1.80. The number of carbonyl (C=O) groups is 1. The molecule has 4 nitrogen and oxygen atoms in total. The number of amides is 1. The van der Waals surface area contributed by atoms with Crippen molar-refractivity contribution < 1.29 is 4.79 Å². The van der Waals surface area contributed by atoms with Gasteiger partial charge in [-0.25, -0.2) is 0 Å². The number of hydrogen-bond acceptors (Lipinski definition) is 2. The van der Waals surface area contributed by atoms with Crippen molar-refractivity contribution in [1.29, 1.82) is 0 Å². The minimum absolute atomic E-state index is 0.0365. The molecule has 0 bridgehead atoms. The molecule has 2 rings (SSSR count). The fraction of sp³-hybridized carbons (Fsp3) is 0.231. The molecular formula is C13H14BrN3O. The van der Waals surface area contributed by atoms with E-state index in [4.69, 9.17) is 0 Å². The smallest absolute Gasteiger partial charge is 0.244 e. The van der Waals surface area contributed by atoms with Gasteiger partial charge in [0, 0.05) is 30.5 Å². The van der Waals surface area contributed by atoms with Crippen LogP contribution in [0.5, 0.6) is 0 Å². The molecule has 0 radical (unpaired) electrons. The number of carbonyl (C=O) groups excluding carboxylic acids is 1. The third-order valence-electron chi connectivity index (χ3n) is 2.65. The van der Waals surface area contributed by atoms with Crippen LogP contribution in [0.15, 0.2) is 47.2 Å². The van der Waals surface area contributed by atoms with Crippen LogP contribution in [-0.2, 0) is 17.9 Å². The number of aromatic nitrogens is 2. The van der Waals surface area contributed by atoms with Crippen molar-refractivity contribution in [2.75, 3.05) is 7.05 Å². The normalized spacial score (nSPS) is 10.3. The highest BCUT2D eigenvalue weighted by Crippen LogP contribution is 2.17. The molecule has 0 atom stereocenters. The first kappa shape index (κ1) is 12.8. The van der Waals surface area contributed by atoms with Gasteiger partial charge >= 0.3 is 0 Å². The highest BCUT2D eigenvalue weighted by atomic mass is 79.9. The lowest BCUT2D eigenvalue weighted by molar-refractivity contribution is -0.131. The molecule has 1 aromatic carbocycles. The van der Waals surface area contributed by atoms with Crippen molar-refractivity contribution in [2.45, 2.75) is 13.1 Å². The summed E-state index contributed by atoms with van der Waals surface area (Å²) in [6, 6.07) is 9.70. The number of halogens is 1. The van der Waals surface area contributed by atoms with Gasteiger partial charge in [0.1, 0.15) is 6.54 Å². The van der Waals surface area contributed by atoms with E-state index in [1.165, 1.54) is 0 Å². The molecule has 94 valence electrons. The monoisotopic (exact) mass is 307 g/mol. The average molecular weight is 308 g/mol. The van der Waals surface area contributed by atoms with E-state index in [9.17, 15) is 4.79 Å². The molecule has 0 aliphatic heterocycles. The van der Waals surface area contributed by atoms with Gasteiger partial charge in [-0.1, -0.05) is 34.1 Å². The summed E-state index contributed by atoms with van der Waals surface area (Å²) in [4.78, 5) is 13.7. The Bertz CT molecular complexity index is 525. The first-order chi connectivity index (χ1) is 8.66. The SMILES string of the molecule is CN(Cc1ccccc1Br)C(=O)Cn1cccn1. The first-order valence-electron chi connectivity index (χ1n) is 5.61. The summed E-state index contributed by atoms with van der Waals surface area (Å²) < 4.78 is 2.64.